The Hall–Kier alpha value is -4.16. The average molecular weight is 566 g/mol. The number of hydrogen-bond donors (Lipinski definition) is 0. The second kappa shape index (κ2) is 12.4. The van der Waals surface area contributed by atoms with E-state index in [1.165, 1.54) is 29.0 Å². The van der Waals surface area contributed by atoms with E-state index in [-0.39, 0.29) is 18.4 Å². The number of nitriles is 1. The van der Waals surface area contributed by atoms with Gasteiger partial charge in [0.1, 0.15) is 5.82 Å². The van der Waals surface area contributed by atoms with Crippen molar-refractivity contribution in [3.05, 3.63) is 66.4 Å². The maximum Gasteiger partial charge on any atom is 0.318 e. The number of carbonyl (C=O) groups excluding carboxylic acids is 1. The van der Waals surface area contributed by atoms with Crippen LogP contribution in [0.2, 0.25) is 0 Å². The van der Waals surface area contributed by atoms with E-state index < -0.39 is 0 Å². The van der Waals surface area contributed by atoms with Gasteiger partial charge in [-0.1, -0.05) is 43.0 Å². The molecule has 2 fully saturated rings. The molecule has 2 saturated heterocycles. The van der Waals surface area contributed by atoms with Crippen LogP contribution >= 0.6 is 0 Å². The molecule has 0 aliphatic carbocycles. The van der Waals surface area contributed by atoms with Crippen LogP contribution in [0.5, 0.6) is 6.01 Å². The van der Waals surface area contributed by atoms with Gasteiger partial charge >= 0.3 is 6.01 Å². The van der Waals surface area contributed by atoms with Crippen LogP contribution in [0.1, 0.15) is 30.5 Å². The highest BCUT2D eigenvalue weighted by Gasteiger charge is 2.33. The zero-order chi connectivity index (χ0) is 29.1. The fourth-order valence-electron chi connectivity index (χ4n) is 6.74. The number of rotatable bonds is 7. The largest absolute Gasteiger partial charge is 0.463 e. The Bertz CT molecular complexity index is 1500. The topological polar surface area (TPSA) is 88.8 Å². The highest BCUT2D eigenvalue weighted by molar-refractivity contribution is 5.94. The van der Waals surface area contributed by atoms with Crippen molar-refractivity contribution in [2.45, 2.75) is 38.3 Å². The Balaban J connectivity index is 1.31. The second-order valence-corrected chi connectivity index (χ2v) is 11.7. The Morgan fingerprint density at radius 3 is 2.79 bits per heavy atom. The maximum absolute atomic E-state index is 12.5. The zero-order valence-corrected chi connectivity index (χ0v) is 24.4. The number of nitrogens with zero attached hydrogens (tertiary/aromatic N) is 7. The number of anilines is 2. The summed E-state index contributed by atoms with van der Waals surface area (Å²) >= 11 is 0. The van der Waals surface area contributed by atoms with Gasteiger partial charge in [-0.3, -0.25) is 4.79 Å². The number of piperidine rings is 1. The minimum absolute atomic E-state index is 0.133. The Labute approximate surface area is 248 Å². The lowest BCUT2D eigenvalue weighted by molar-refractivity contribution is -0.128. The summed E-state index contributed by atoms with van der Waals surface area (Å²) in [6.07, 6.45) is 4.72. The number of aromatic nitrogens is 2. The lowest BCUT2D eigenvalue weighted by atomic mass is 10.00. The lowest BCUT2D eigenvalue weighted by Gasteiger charge is -2.42. The summed E-state index contributed by atoms with van der Waals surface area (Å²) in [5.74, 6) is 1.20. The van der Waals surface area contributed by atoms with Gasteiger partial charge in [0.25, 0.3) is 0 Å². The minimum atomic E-state index is -0.224. The van der Waals surface area contributed by atoms with Gasteiger partial charge in [-0.15, -0.1) is 0 Å². The van der Waals surface area contributed by atoms with Crippen LogP contribution in [0.15, 0.2) is 55.1 Å². The molecule has 9 heteroatoms. The van der Waals surface area contributed by atoms with E-state index in [2.05, 4.69) is 76.9 Å². The van der Waals surface area contributed by atoms with E-state index in [1.807, 2.05) is 0 Å². The minimum Gasteiger partial charge on any atom is -0.463 e. The quantitative estimate of drug-likeness (QED) is 0.397. The van der Waals surface area contributed by atoms with Crippen molar-refractivity contribution in [2.24, 2.45) is 5.92 Å². The first-order valence-corrected chi connectivity index (χ1v) is 15.0. The number of hydrogen-bond acceptors (Lipinski definition) is 8. The van der Waals surface area contributed by atoms with Gasteiger partial charge in [0.2, 0.25) is 5.91 Å². The molecule has 0 radical (unpaired) electrons. The fourth-order valence-corrected chi connectivity index (χ4v) is 6.74. The molecule has 42 heavy (non-hydrogen) atoms. The predicted molar refractivity (Wildman–Crippen MR) is 165 cm³/mol. The van der Waals surface area contributed by atoms with Gasteiger partial charge in [-0.05, 0) is 50.4 Å². The molecule has 0 bridgehead atoms. The van der Waals surface area contributed by atoms with Crippen LogP contribution < -0.4 is 14.5 Å². The number of piperazine rings is 1. The third-order valence-electron chi connectivity index (χ3n) is 8.87. The first-order valence-electron chi connectivity index (χ1n) is 15.0. The molecule has 0 saturated carbocycles. The summed E-state index contributed by atoms with van der Waals surface area (Å²) in [5.41, 5.74) is 3.32. The Morgan fingerprint density at radius 2 is 1.95 bits per heavy atom. The van der Waals surface area contributed by atoms with Crippen molar-refractivity contribution in [2.75, 3.05) is 62.7 Å². The Morgan fingerprint density at radius 1 is 1.10 bits per heavy atom. The van der Waals surface area contributed by atoms with Crippen LogP contribution in [-0.2, 0) is 17.8 Å². The fraction of sp³-hybridized carbons (Fsp3) is 0.455. The summed E-state index contributed by atoms with van der Waals surface area (Å²) in [7, 11) is 2.16. The highest BCUT2D eigenvalue weighted by atomic mass is 16.5. The van der Waals surface area contributed by atoms with Crippen LogP contribution in [0.25, 0.3) is 10.8 Å². The summed E-state index contributed by atoms with van der Waals surface area (Å²) in [5, 5.41) is 12.0. The maximum atomic E-state index is 12.5. The summed E-state index contributed by atoms with van der Waals surface area (Å²) in [6.45, 7) is 9.59. The lowest BCUT2D eigenvalue weighted by Crippen LogP contribution is -2.55. The van der Waals surface area contributed by atoms with E-state index in [9.17, 15) is 10.1 Å². The molecule has 1 aromatic heterocycles. The molecule has 3 aliphatic rings. The monoisotopic (exact) mass is 565 g/mol. The average Bonchev–Trinajstić information content (AvgIpc) is 3.02. The van der Waals surface area contributed by atoms with Gasteiger partial charge in [-0.25, -0.2) is 0 Å². The van der Waals surface area contributed by atoms with Crippen LogP contribution in [-0.4, -0.2) is 84.6 Å². The van der Waals surface area contributed by atoms with Gasteiger partial charge in [-0.2, -0.15) is 15.2 Å². The number of carbonyl (C=O) groups is 1. The molecule has 2 unspecified atom stereocenters. The second-order valence-electron chi connectivity index (χ2n) is 11.7. The molecule has 218 valence electrons. The number of fused-ring (bicyclic) bond motifs is 2. The molecule has 4 heterocycles. The highest BCUT2D eigenvalue weighted by Crippen LogP contribution is 2.35. The molecule has 2 aromatic carbocycles. The van der Waals surface area contributed by atoms with Gasteiger partial charge in [0, 0.05) is 55.3 Å². The van der Waals surface area contributed by atoms with E-state index in [1.54, 1.807) is 4.90 Å². The predicted octanol–water partition coefficient (Wildman–Crippen LogP) is 4.03. The van der Waals surface area contributed by atoms with Crippen molar-refractivity contribution >= 4 is 28.2 Å². The Kier molecular flexibility index (Phi) is 8.24. The third-order valence-corrected chi connectivity index (χ3v) is 8.87. The smallest absolute Gasteiger partial charge is 0.318 e. The molecule has 0 spiro atoms. The van der Waals surface area contributed by atoms with Crippen LogP contribution in [0, 0.1) is 17.2 Å². The normalized spacial score (nSPS) is 21.1. The number of amides is 1. The molecule has 3 aromatic rings. The molecule has 3 aliphatic heterocycles. The molecule has 0 N–H and O–H groups in total. The van der Waals surface area contributed by atoms with E-state index >= 15 is 0 Å². The zero-order valence-electron chi connectivity index (χ0n) is 24.4. The first kappa shape index (κ1) is 28.0. The van der Waals surface area contributed by atoms with Crippen molar-refractivity contribution in [3.8, 4) is 12.1 Å². The molecule has 9 nitrogen and oxygen atoms in total. The standard InChI is InChI=1S/C33H39N7O2/c1-3-31(41)40-19-18-39(21-26(40)13-15-34)32-28-14-17-38(30-12-6-10-25-9-4-5-11-27(25)30)22-29(28)35-33(36-32)42-23-24-8-7-16-37(2)20-24/h3-6,9-12,24,26H,1,7-8,13-14,16-23H2,2H3. The van der Waals surface area contributed by atoms with E-state index in [0.29, 0.717) is 44.7 Å². The van der Waals surface area contributed by atoms with E-state index in [0.717, 1.165) is 49.6 Å². The van der Waals surface area contributed by atoms with Crippen molar-refractivity contribution < 1.29 is 9.53 Å². The van der Waals surface area contributed by atoms with Gasteiger partial charge < -0.3 is 24.3 Å². The number of ether oxygens (including phenoxy) is 1. The molecule has 6 rings (SSSR count). The first-order chi connectivity index (χ1) is 20.5. The van der Waals surface area contributed by atoms with Crippen LogP contribution in [0.3, 0.4) is 0 Å². The van der Waals surface area contributed by atoms with Crippen LogP contribution in [0.4, 0.5) is 11.5 Å². The van der Waals surface area contributed by atoms with Crippen molar-refractivity contribution in [3.63, 3.8) is 0 Å². The molecular formula is C33H39N7O2. The molecule has 1 amide bonds. The van der Waals surface area contributed by atoms with Gasteiger partial charge in [0.05, 0.1) is 37.4 Å². The molecule has 2 atom stereocenters. The van der Waals surface area contributed by atoms with Crippen molar-refractivity contribution in [1.29, 1.82) is 5.26 Å². The summed E-state index contributed by atoms with van der Waals surface area (Å²) < 4.78 is 6.33. The number of likely N-dealkylation sites (tertiary alicyclic amines) is 1. The van der Waals surface area contributed by atoms with Gasteiger partial charge in [0.15, 0.2) is 0 Å². The summed E-state index contributed by atoms with van der Waals surface area (Å²) in [6, 6.07) is 17.4. The summed E-state index contributed by atoms with van der Waals surface area (Å²) in [4.78, 5) is 31.3. The molecular weight excluding hydrogens is 526 g/mol. The van der Waals surface area contributed by atoms with Crippen molar-refractivity contribution in [1.82, 2.24) is 19.8 Å². The SMILES string of the molecule is C=CC(=O)N1CCN(c2nc(OCC3CCCN(C)C3)nc3c2CCN(c2cccc4ccccc24)C3)CC1CC#N. The number of benzene rings is 2. The van der Waals surface area contributed by atoms with E-state index in [4.69, 9.17) is 14.7 Å². The third kappa shape index (κ3) is 5.77.